The fourth-order valence-corrected chi connectivity index (χ4v) is 2.80. The molecule has 1 unspecified atom stereocenters. The molecule has 1 fully saturated rings. The van der Waals surface area contributed by atoms with Crippen molar-refractivity contribution in [3.8, 4) is 0 Å². The Morgan fingerprint density at radius 1 is 1.28 bits per heavy atom. The first-order valence-corrected chi connectivity index (χ1v) is 6.49. The molecule has 5 nitrogen and oxygen atoms in total. The molecule has 0 saturated carbocycles. The maximum atomic E-state index is 11.6. The molecule has 5 heteroatoms. The number of hydrogen-bond donors (Lipinski definition) is 1. The molecule has 2 rings (SSSR count). The molecule has 1 aromatic rings. The summed E-state index contributed by atoms with van der Waals surface area (Å²) in [4.78, 5) is 18.1. The van der Waals surface area contributed by atoms with Gasteiger partial charge in [-0.3, -0.25) is 9.69 Å². The molecule has 0 aromatic carbocycles. The van der Waals surface area contributed by atoms with Crippen LogP contribution in [0.1, 0.15) is 42.5 Å². The number of carboxylic acid groups (broad SMARTS) is 1. The van der Waals surface area contributed by atoms with E-state index in [1.54, 1.807) is 0 Å². The second-order valence-corrected chi connectivity index (χ2v) is 5.03. The van der Waals surface area contributed by atoms with Crippen molar-refractivity contribution in [2.75, 3.05) is 13.1 Å². The van der Waals surface area contributed by atoms with Gasteiger partial charge in [-0.25, -0.2) is 4.98 Å². The highest BCUT2D eigenvalue weighted by molar-refractivity contribution is 5.75. The summed E-state index contributed by atoms with van der Waals surface area (Å²) in [6, 6.07) is -0.559. The maximum Gasteiger partial charge on any atom is 0.327 e. The topological polar surface area (TPSA) is 58.4 Å². The van der Waals surface area contributed by atoms with E-state index in [1.165, 1.54) is 6.42 Å². The van der Waals surface area contributed by atoms with Crippen LogP contribution in [0.5, 0.6) is 0 Å². The summed E-state index contributed by atoms with van der Waals surface area (Å²) >= 11 is 0. The molecule has 1 N–H and O–H groups in total. The standard InChI is InChI=1S/C13H21N3O2/c1-9-11(15(3)10(2)14-9)12(13(17)18)16-7-5-4-6-8-16/h12H,4-8H2,1-3H3,(H,17,18). The number of hydrogen-bond acceptors (Lipinski definition) is 3. The number of likely N-dealkylation sites (tertiary alicyclic amines) is 1. The van der Waals surface area contributed by atoms with Crippen LogP contribution in [0.15, 0.2) is 0 Å². The molecule has 1 saturated heterocycles. The van der Waals surface area contributed by atoms with Crippen LogP contribution < -0.4 is 0 Å². The quantitative estimate of drug-likeness (QED) is 0.887. The summed E-state index contributed by atoms with van der Waals surface area (Å²) in [7, 11) is 1.89. The summed E-state index contributed by atoms with van der Waals surface area (Å²) in [5.41, 5.74) is 1.65. The van der Waals surface area contributed by atoms with Crippen molar-refractivity contribution in [1.82, 2.24) is 14.5 Å². The van der Waals surface area contributed by atoms with Gasteiger partial charge >= 0.3 is 5.97 Å². The average Bonchev–Trinajstić information content (AvgIpc) is 2.57. The zero-order chi connectivity index (χ0) is 13.3. The summed E-state index contributed by atoms with van der Waals surface area (Å²) < 4.78 is 1.91. The lowest BCUT2D eigenvalue weighted by Gasteiger charge is -2.32. The third kappa shape index (κ3) is 2.27. The van der Waals surface area contributed by atoms with Crippen LogP contribution in [0, 0.1) is 13.8 Å². The van der Waals surface area contributed by atoms with E-state index in [1.807, 2.05) is 25.5 Å². The van der Waals surface area contributed by atoms with E-state index in [-0.39, 0.29) is 0 Å². The summed E-state index contributed by atoms with van der Waals surface area (Å²) in [5, 5.41) is 9.55. The normalized spacial score (nSPS) is 18.8. The molecule has 1 aliphatic rings. The lowest BCUT2D eigenvalue weighted by atomic mass is 10.0. The lowest BCUT2D eigenvalue weighted by Crippen LogP contribution is -2.39. The zero-order valence-electron chi connectivity index (χ0n) is 11.3. The van der Waals surface area contributed by atoms with E-state index in [0.717, 1.165) is 43.1 Å². The largest absolute Gasteiger partial charge is 0.480 e. The fourth-order valence-electron chi connectivity index (χ4n) is 2.80. The van der Waals surface area contributed by atoms with Gasteiger partial charge in [0.05, 0.1) is 11.4 Å². The number of carboxylic acids is 1. The summed E-state index contributed by atoms with van der Waals surface area (Å²) in [6.07, 6.45) is 3.37. The first-order chi connectivity index (χ1) is 8.52. The first kappa shape index (κ1) is 13.1. The van der Waals surface area contributed by atoms with E-state index in [4.69, 9.17) is 0 Å². The molecule has 0 radical (unpaired) electrons. The minimum absolute atomic E-state index is 0.559. The van der Waals surface area contributed by atoms with E-state index in [2.05, 4.69) is 9.88 Å². The third-order valence-corrected chi connectivity index (χ3v) is 3.80. The fraction of sp³-hybridized carbons (Fsp3) is 0.692. The summed E-state index contributed by atoms with van der Waals surface area (Å²) in [5.74, 6) is 0.0914. The predicted molar refractivity (Wildman–Crippen MR) is 68.5 cm³/mol. The van der Waals surface area contributed by atoms with Gasteiger partial charge < -0.3 is 9.67 Å². The van der Waals surface area contributed by atoms with E-state index in [9.17, 15) is 9.90 Å². The number of imidazole rings is 1. The number of aromatic nitrogens is 2. The van der Waals surface area contributed by atoms with Crippen molar-refractivity contribution < 1.29 is 9.90 Å². The van der Waals surface area contributed by atoms with Gasteiger partial charge in [0.2, 0.25) is 0 Å². The van der Waals surface area contributed by atoms with Crippen molar-refractivity contribution >= 4 is 5.97 Å². The SMILES string of the molecule is Cc1nc(C)n(C)c1C(C(=O)O)N1CCCCC1. The zero-order valence-corrected chi connectivity index (χ0v) is 11.3. The Bertz CT molecular complexity index is 447. The molecule has 0 spiro atoms. The predicted octanol–water partition coefficient (Wildman–Crippen LogP) is 1.65. The molecule has 18 heavy (non-hydrogen) atoms. The summed E-state index contributed by atoms with van der Waals surface area (Å²) in [6.45, 7) is 5.52. The monoisotopic (exact) mass is 251 g/mol. The number of piperidine rings is 1. The molecule has 1 atom stereocenters. The van der Waals surface area contributed by atoms with Gasteiger partial charge in [0, 0.05) is 7.05 Å². The van der Waals surface area contributed by atoms with Crippen LogP contribution in [-0.2, 0) is 11.8 Å². The van der Waals surface area contributed by atoms with Gasteiger partial charge in [-0.15, -0.1) is 0 Å². The van der Waals surface area contributed by atoms with Gasteiger partial charge in [0.25, 0.3) is 0 Å². The molecular weight excluding hydrogens is 230 g/mol. The average molecular weight is 251 g/mol. The van der Waals surface area contributed by atoms with Gasteiger partial charge in [-0.2, -0.15) is 0 Å². The van der Waals surface area contributed by atoms with Crippen LogP contribution in [-0.4, -0.2) is 38.6 Å². The molecular formula is C13H21N3O2. The number of aliphatic carboxylic acids is 1. The number of nitrogens with zero attached hydrogens (tertiary/aromatic N) is 3. The second kappa shape index (κ2) is 5.10. The van der Waals surface area contributed by atoms with Gasteiger partial charge in [-0.1, -0.05) is 6.42 Å². The highest BCUT2D eigenvalue weighted by Gasteiger charge is 2.32. The lowest BCUT2D eigenvalue weighted by molar-refractivity contribution is -0.144. The van der Waals surface area contributed by atoms with E-state index < -0.39 is 12.0 Å². The molecule has 1 aromatic heterocycles. The maximum absolute atomic E-state index is 11.6. The Morgan fingerprint density at radius 2 is 1.89 bits per heavy atom. The molecule has 0 amide bonds. The van der Waals surface area contributed by atoms with Crippen molar-refractivity contribution in [2.24, 2.45) is 7.05 Å². The highest BCUT2D eigenvalue weighted by atomic mass is 16.4. The van der Waals surface area contributed by atoms with Gasteiger partial charge in [-0.05, 0) is 39.8 Å². The van der Waals surface area contributed by atoms with Crippen LogP contribution in [0.4, 0.5) is 0 Å². The minimum Gasteiger partial charge on any atom is -0.480 e. The Hall–Kier alpha value is -1.36. The van der Waals surface area contributed by atoms with Gasteiger partial charge in [0.1, 0.15) is 5.82 Å². The van der Waals surface area contributed by atoms with Crippen molar-refractivity contribution in [2.45, 2.75) is 39.2 Å². The number of carbonyl (C=O) groups is 1. The number of rotatable bonds is 3. The molecule has 1 aliphatic heterocycles. The van der Waals surface area contributed by atoms with E-state index in [0.29, 0.717) is 0 Å². The van der Waals surface area contributed by atoms with Crippen LogP contribution >= 0.6 is 0 Å². The van der Waals surface area contributed by atoms with Gasteiger partial charge in [0.15, 0.2) is 6.04 Å². The molecule has 0 bridgehead atoms. The Labute approximate surface area is 107 Å². The van der Waals surface area contributed by atoms with Crippen LogP contribution in [0.3, 0.4) is 0 Å². The Morgan fingerprint density at radius 3 is 2.33 bits per heavy atom. The van der Waals surface area contributed by atoms with Crippen LogP contribution in [0.2, 0.25) is 0 Å². The van der Waals surface area contributed by atoms with Crippen molar-refractivity contribution in [3.05, 3.63) is 17.2 Å². The molecule has 100 valence electrons. The Balaban J connectivity index is 2.37. The van der Waals surface area contributed by atoms with Crippen LogP contribution in [0.25, 0.3) is 0 Å². The van der Waals surface area contributed by atoms with E-state index >= 15 is 0 Å². The minimum atomic E-state index is -0.775. The smallest absolute Gasteiger partial charge is 0.327 e. The van der Waals surface area contributed by atoms with Crippen molar-refractivity contribution in [1.29, 1.82) is 0 Å². The Kier molecular flexibility index (Phi) is 3.71. The number of aryl methyl sites for hydroxylation is 2. The first-order valence-electron chi connectivity index (χ1n) is 6.49. The van der Waals surface area contributed by atoms with Crippen molar-refractivity contribution in [3.63, 3.8) is 0 Å². The molecule has 0 aliphatic carbocycles. The third-order valence-electron chi connectivity index (χ3n) is 3.80. The second-order valence-electron chi connectivity index (χ2n) is 5.03. The highest BCUT2D eigenvalue weighted by Crippen LogP contribution is 2.27. The molecule has 2 heterocycles.